The molecule has 0 amide bonds. The highest BCUT2D eigenvalue weighted by Gasteiger charge is 2.21. The van der Waals surface area contributed by atoms with Crippen LogP contribution in [0.1, 0.15) is 26.5 Å². The number of rotatable bonds is 2. The lowest BCUT2D eigenvalue weighted by atomic mass is 10.1. The Balaban J connectivity index is 2.16. The Morgan fingerprint density at radius 3 is 2.62 bits per heavy atom. The zero-order valence-corrected chi connectivity index (χ0v) is 10.4. The molecule has 1 aliphatic rings. The lowest BCUT2D eigenvalue weighted by Crippen LogP contribution is -2.54. The van der Waals surface area contributed by atoms with E-state index in [1.165, 1.54) is 5.69 Å². The molecule has 0 unspecified atom stereocenters. The summed E-state index contributed by atoms with van der Waals surface area (Å²) in [4.78, 5) is 7.06. The van der Waals surface area contributed by atoms with Gasteiger partial charge in [0.1, 0.15) is 5.82 Å². The molecule has 0 aromatic carbocycles. The third-order valence-corrected chi connectivity index (χ3v) is 3.04. The van der Waals surface area contributed by atoms with E-state index in [9.17, 15) is 0 Å². The van der Waals surface area contributed by atoms with Crippen LogP contribution in [0, 0.1) is 0 Å². The van der Waals surface area contributed by atoms with Gasteiger partial charge in [-0.1, -0.05) is 13.0 Å². The third-order valence-electron chi connectivity index (χ3n) is 3.04. The molecule has 2 rings (SSSR count). The molecule has 2 heterocycles. The highest BCUT2D eigenvalue weighted by molar-refractivity contribution is 5.40. The van der Waals surface area contributed by atoms with Gasteiger partial charge in [0.05, 0.1) is 0 Å². The van der Waals surface area contributed by atoms with Crippen LogP contribution in [0.3, 0.4) is 0 Å². The van der Waals surface area contributed by atoms with Gasteiger partial charge < -0.3 is 10.2 Å². The molecule has 0 saturated carbocycles. The number of hydrogen-bond acceptors (Lipinski definition) is 3. The summed E-state index contributed by atoms with van der Waals surface area (Å²) < 4.78 is 0. The molecule has 0 aliphatic carbocycles. The predicted octanol–water partition coefficient (Wildman–Crippen LogP) is 1.83. The van der Waals surface area contributed by atoms with Crippen LogP contribution in [0.15, 0.2) is 18.2 Å². The number of aromatic nitrogens is 1. The molecule has 3 heteroatoms. The molecular formula is C13H21N3. The number of hydrogen-bond donors (Lipinski definition) is 1. The summed E-state index contributed by atoms with van der Waals surface area (Å²) in [6.45, 7) is 8.70. The fourth-order valence-electron chi connectivity index (χ4n) is 2.35. The first kappa shape index (κ1) is 11.4. The van der Waals surface area contributed by atoms with Gasteiger partial charge in [-0.2, -0.15) is 0 Å². The van der Waals surface area contributed by atoms with E-state index in [0.29, 0.717) is 12.1 Å². The van der Waals surface area contributed by atoms with Crippen LogP contribution in [0.5, 0.6) is 0 Å². The Kier molecular flexibility index (Phi) is 3.44. The molecular weight excluding hydrogens is 198 g/mol. The number of nitrogens with zero attached hydrogens (tertiary/aromatic N) is 2. The Labute approximate surface area is 97.9 Å². The molecule has 1 aliphatic heterocycles. The van der Waals surface area contributed by atoms with E-state index in [1.54, 1.807) is 0 Å². The van der Waals surface area contributed by atoms with Crippen molar-refractivity contribution < 1.29 is 0 Å². The smallest absolute Gasteiger partial charge is 0.128 e. The highest BCUT2D eigenvalue weighted by Crippen LogP contribution is 2.15. The minimum Gasteiger partial charge on any atom is -0.354 e. The Morgan fingerprint density at radius 1 is 1.31 bits per heavy atom. The molecule has 16 heavy (non-hydrogen) atoms. The maximum atomic E-state index is 4.68. The largest absolute Gasteiger partial charge is 0.354 e. The average Bonchev–Trinajstić information content (AvgIpc) is 2.28. The first-order valence-corrected chi connectivity index (χ1v) is 6.16. The van der Waals surface area contributed by atoms with Crippen molar-refractivity contribution >= 4 is 5.82 Å². The summed E-state index contributed by atoms with van der Waals surface area (Å²) in [6, 6.07) is 7.40. The van der Waals surface area contributed by atoms with E-state index in [4.69, 9.17) is 0 Å². The molecule has 3 nitrogen and oxygen atoms in total. The van der Waals surface area contributed by atoms with Crippen LogP contribution in [0.2, 0.25) is 0 Å². The minimum absolute atomic E-state index is 0.538. The Bertz CT molecular complexity index is 341. The van der Waals surface area contributed by atoms with Crippen LogP contribution >= 0.6 is 0 Å². The van der Waals surface area contributed by atoms with Gasteiger partial charge in [0.25, 0.3) is 0 Å². The monoisotopic (exact) mass is 219 g/mol. The first-order chi connectivity index (χ1) is 7.69. The molecule has 1 fully saturated rings. The normalized spacial score (nSPS) is 25.8. The summed E-state index contributed by atoms with van der Waals surface area (Å²) in [5, 5.41) is 3.54. The zero-order valence-electron chi connectivity index (χ0n) is 10.4. The van der Waals surface area contributed by atoms with Gasteiger partial charge in [0.15, 0.2) is 0 Å². The SMILES string of the molecule is CCc1cccc(N2C[C@@H](C)N[C@@H](C)C2)n1. The number of aryl methyl sites for hydroxylation is 1. The Morgan fingerprint density at radius 2 is 2.00 bits per heavy atom. The first-order valence-electron chi connectivity index (χ1n) is 6.16. The van der Waals surface area contributed by atoms with Crippen LogP contribution in [0.25, 0.3) is 0 Å². The van der Waals surface area contributed by atoms with Crippen LogP contribution in [0.4, 0.5) is 5.82 Å². The molecule has 0 bridgehead atoms. The highest BCUT2D eigenvalue weighted by atomic mass is 15.3. The second-order valence-corrected chi connectivity index (χ2v) is 4.71. The number of nitrogens with one attached hydrogen (secondary N) is 1. The summed E-state index contributed by atoms with van der Waals surface area (Å²) in [6.07, 6.45) is 1.00. The van der Waals surface area contributed by atoms with E-state index in [0.717, 1.165) is 25.3 Å². The molecule has 1 aromatic rings. The topological polar surface area (TPSA) is 28.2 Å². The lowest BCUT2D eigenvalue weighted by molar-refractivity contribution is 0.405. The van der Waals surface area contributed by atoms with Crippen molar-refractivity contribution in [2.45, 2.75) is 39.3 Å². The number of pyridine rings is 1. The summed E-state index contributed by atoms with van der Waals surface area (Å²) in [7, 11) is 0. The van der Waals surface area contributed by atoms with Crippen LogP contribution in [-0.2, 0) is 6.42 Å². The number of anilines is 1. The molecule has 1 aromatic heterocycles. The van der Waals surface area contributed by atoms with Gasteiger partial charge in [0, 0.05) is 30.9 Å². The van der Waals surface area contributed by atoms with E-state index < -0.39 is 0 Å². The van der Waals surface area contributed by atoms with Crippen molar-refractivity contribution in [2.24, 2.45) is 0 Å². The average molecular weight is 219 g/mol. The standard InChI is InChI=1S/C13H21N3/c1-4-12-6-5-7-13(15-12)16-8-10(2)14-11(3)9-16/h5-7,10-11,14H,4,8-9H2,1-3H3/t10-,11+. The van der Waals surface area contributed by atoms with Gasteiger partial charge in [0.2, 0.25) is 0 Å². The maximum Gasteiger partial charge on any atom is 0.128 e. The Hall–Kier alpha value is -1.09. The molecule has 0 spiro atoms. The molecule has 2 atom stereocenters. The van der Waals surface area contributed by atoms with Crippen molar-refractivity contribution in [3.63, 3.8) is 0 Å². The second kappa shape index (κ2) is 4.83. The van der Waals surface area contributed by atoms with Crippen LogP contribution < -0.4 is 10.2 Å². The van der Waals surface area contributed by atoms with Crippen molar-refractivity contribution in [3.8, 4) is 0 Å². The van der Waals surface area contributed by atoms with E-state index in [1.807, 2.05) is 0 Å². The van der Waals surface area contributed by atoms with E-state index >= 15 is 0 Å². The maximum absolute atomic E-state index is 4.68. The van der Waals surface area contributed by atoms with Gasteiger partial charge in [-0.05, 0) is 32.4 Å². The van der Waals surface area contributed by atoms with Crippen molar-refractivity contribution in [3.05, 3.63) is 23.9 Å². The predicted molar refractivity (Wildman–Crippen MR) is 67.9 cm³/mol. The van der Waals surface area contributed by atoms with Gasteiger partial charge in [-0.25, -0.2) is 4.98 Å². The van der Waals surface area contributed by atoms with E-state index in [-0.39, 0.29) is 0 Å². The molecule has 88 valence electrons. The molecule has 1 N–H and O–H groups in total. The van der Waals surface area contributed by atoms with Crippen LogP contribution in [-0.4, -0.2) is 30.2 Å². The summed E-state index contributed by atoms with van der Waals surface area (Å²) >= 11 is 0. The lowest BCUT2D eigenvalue weighted by Gasteiger charge is -2.37. The third kappa shape index (κ3) is 2.53. The molecule has 1 saturated heterocycles. The van der Waals surface area contributed by atoms with Crippen molar-refractivity contribution in [1.82, 2.24) is 10.3 Å². The quantitative estimate of drug-likeness (QED) is 0.822. The fourth-order valence-corrected chi connectivity index (χ4v) is 2.35. The molecule has 0 radical (unpaired) electrons. The van der Waals surface area contributed by atoms with Crippen molar-refractivity contribution in [1.29, 1.82) is 0 Å². The fraction of sp³-hybridized carbons (Fsp3) is 0.615. The van der Waals surface area contributed by atoms with Gasteiger partial charge in [-0.15, -0.1) is 0 Å². The second-order valence-electron chi connectivity index (χ2n) is 4.71. The summed E-state index contributed by atoms with van der Waals surface area (Å²) in [5.41, 5.74) is 1.18. The minimum atomic E-state index is 0.538. The van der Waals surface area contributed by atoms with Gasteiger partial charge >= 0.3 is 0 Å². The zero-order chi connectivity index (χ0) is 11.5. The van der Waals surface area contributed by atoms with Gasteiger partial charge in [-0.3, -0.25) is 0 Å². The van der Waals surface area contributed by atoms with Crippen molar-refractivity contribution in [2.75, 3.05) is 18.0 Å². The number of piperazine rings is 1. The summed E-state index contributed by atoms with van der Waals surface area (Å²) in [5.74, 6) is 1.12. The van der Waals surface area contributed by atoms with E-state index in [2.05, 4.69) is 54.2 Å².